The third-order valence-corrected chi connectivity index (χ3v) is 2.91. The van der Waals surface area contributed by atoms with Crippen molar-refractivity contribution in [3.63, 3.8) is 0 Å². The Morgan fingerprint density at radius 2 is 2.31 bits per heavy atom. The van der Waals surface area contributed by atoms with E-state index in [0.29, 0.717) is 0 Å². The van der Waals surface area contributed by atoms with Gasteiger partial charge in [0.15, 0.2) is 0 Å². The van der Waals surface area contributed by atoms with Gasteiger partial charge in [-0.15, -0.1) is 0 Å². The third kappa shape index (κ3) is 3.25. The Morgan fingerprint density at radius 3 is 2.92 bits per heavy atom. The van der Waals surface area contributed by atoms with Crippen molar-refractivity contribution in [2.45, 2.75) is 31.8 Å². The highest BCUT2D eigenvalue weighted by Crippen LogP contribution is 2.23. The van der Waals surface area contributed by atoms with Gasteiger partial charge in [-0.3, -0.25) is 0 Å². The number of likely N-dealkylation sites (tertiary alicyclic amines) is 1. The molecule has 1 heterocycles. The molecule has 0 radical (unpaired) electrons. The van der Waals surface area contributed by atoms with E-state index in [0.717, 1.165) is 26.1 Å². The topological polar surface area (TPSA) is 38.5 Å². The first kappa shape index (κ1) is 11.0. The van der Waals surface area contributed by atoms with Crippen molar-refractivity contribution in [3.05, 3.63) is 0 Å². The Kier molecular flexibility index (Phi) is 4.16. The second-order valence-electron chi connectivity index (χ2n) is 4.18. The molecule has 1 aliphatic rings. The maximum Gasteiger partial charge on any atom is 0.0777 e. The van der Waals surface area contributed by atoms with Crippen LogP contribution in [0, 0.1) is 0 Å². The predicted molar refractivity (Wildman–Crippen MR) is 54.8 cm³/mol. The van der Waals surface area contributed by atoms with Crippen LogP contribution in [0.15, 0.2) is 0 Å². The summed E-state index contributed by atoms with van der Waals surface area (Å²) in [6.45, 7) is 6.37. The van der Waals surface area contributed by atoms with Gasteiger partial charge in [-0.25, -0.2) is 0 Å². The summed E-state index contributed by atoms with van der Waals surface area (Å²) in [4.78, 5) is 2.46. The molecule has 2 N–H and O–H groups in total. The molecule has 0 spiro atoms. The lowest BCUT2D eigenvalue weighted by Crippen LogP contribution is -2.47. The number of nitrogens with zero attached hydrogens (tertiary/aromatic N) is 1. The molecule has 3 nitrogen and oxygen atoms in total. The van der Waals surface area contributed by atoms with Crippen LogP contribution in [-0.4, -0.2) is 43.8 Å². The van der Waals surface area contributed by atoms with E-state index in [1.54, 1.807) is 0 Å². The van der Waals surface area contributed by atoms with Crippen molar-refractivity contribution in [3.8, 4) is 0 Å². The van der Waals surface area contributed by atoms with E-state index in [1.807, 2.05) is 7.11 Å². The van der Waals surface area contributed by atoms with Crippen LogP contribution in [0.5, 0.6) is 0 Å². The number of ether oxygens (including phenoxy) is 1. The largest absolute Gasteiger partial charge is 0.377 e. The van der Waals surface area contributed by atoms with E-state index in [1.165, 1.54) is 19.4 Å². The molecule has 1 unspecified atom stereocenters. The number of rotatable bonds is 4. The van der Waals surface area contributed by atoms with Crippen molar-refractivity contribution in [1.29, 1.82) is 0 Å². The average Bonchev–Trinajstić information content (AvgIpc) is 2.15. The van der Waals surface area contributed by atoms with Gasteiger partial charge < -0.3 is 15.4 Å². The molecule has 0 aromatic carbocycles. The molecule has 1 atom stereocenters. The Morgan fingerprint density at radius 1 is 1.54 bits per heavy atom. The molecule has 13 heavy (non-hydrogen) atoms. The summed E-state index contributed by atoms with van der Waals surface area (Å²) in [6.07, 6.45) is 3.53. The number of piperidine rings is 1. The van der Waals surface area contributed by atoms with Crippen LogP contribution >= 0.6 is 0 Å². The Bertz CT molecular complexity index is 152. The molecule has 1 fully saturated rings. The molecule has 0 aromatic rings. The second kappa shape index (κ2) is 4.94. The number of methoxy groups -OCH3 is 1. The van der Waals surface area contributed by atoms with E-state index >= 15 is 0 Å². The van der Waals surface area contributed by atoms with Crippen LogP contribution in [0.25, 0.3) is 0 Å². The van der Waals surface area contributed by atoms with Crippen molar-refractivity contribution < 1.29 is 4.74 Å². The van der Waals surface area contributed by atoms with Crippen molar-refractivity contribution >= 4 is 0 Å². The molecule has 1 rings (SSSR count). The Balaban J connectivity index is 2.33. The summed E-state index contributed by atoms with van der Waals surface area (Å²) >= 11 is 0. The summed E-state index contributed by atoms with van der Waals surface area (Å²) in [7, 11) is 1.81. The molecule has 0 saturated carbocycles. The van der Waals surface area contributed by atoms with Crippen molar-refractivity contribution in [2.75, 3.05) is 33.3 Å². The van der Waals surface area contributed by atoms with Gasteiger partial charge in [0, 0.05) is 13.7 Å². The lowest BCUT2D eigenvalue weighted by molar-refractivity contribution is -0.0506. The zero-order chi connectivity index (χ0) is 9.73. The summed E-state index contributed by atoms with van der Waals surface area (Å²) in [5, 5.41) is 0. The van der Waals surface area contributed by atoms with Crippen LogP contribution in [-0.2, 0) is 4.74 Å². The van der Waals surface area contributed by atoms with Crippen LogP contribution < -0.4 is 5.73 Å². The highest BCUT2D eigenvalue weighted by Gasteiger charge is 2.29. The fourth-order valence-corrected chi connectivity index (χ4v) is 1.98. The van der Waals surface area contributed by atoms with Gasteiger partial charge in [-0.2, -0.15) is 0 Å². The van der Waals surface area contributed by atoms with Gasteiger partial charge in [-0.1, -0.05) is 0 Å². The average molecular weight is 186 g/mol. The zero-order valence-corrected chi connectivity index (χ0v) is 8.88. The minimum absolute atomic E-state index is 0.0762. The minimum Gasteiger partial charge on any atom is -0.377 e. The first-order valence-corrected chi connectivity index (χ1v) is 5.18. The first-order valence-electron chi connectivity index (χ1n) is 5.18. The molecular weight excluding hydrogens is 164 g/mol. The van der Waals surface area contributed by atoms with E-state index < -0.39 is 0 Å². The summed E-state index contributed by atoms with van der Waals surface area (Å²) in [5.74, 6) is 0. The first-order chi connectivity index (χ1) is 6.20. The van der Waals surface area contributed by atoms with E-state index in [-0.39, 0.29) is 5.60 Å². The maximum atomic E-state index is 5.52. The molecule has 1 saturated heterocycles. The van der Waals surface area contributed by atoms with Gasteiger partial charge in [0.2, 0.25) is 0 Å². The minimum atomic E-state index is 0.0762. The van der Waals surface area contributed by atoms with E-state index in [4.69, 9.17) is 10.5 Å². The number of hydrogen-bond donors (Lipinski definition) is 1. The Hall–Kier alpha value is -0.120. The molecule has 3 heteroatoms. The fraction of sp³-hybridized carbons (Fsp3) is 1.00. The summed E-state index contributed by atoms with van der Waals surface area (Å²) in [5.41, 5.74) is 5.56. The Labute approximate surface area is 81.2 Å². The van der Waals surface area contributed by atoms with Crippen molar-refractivity contribution in [1.82, 2.24) is 4.90 Å². The third-order valence-electron chi connectivity index (χ3n) is 2.91. The normalized spacial score (nSPS) is 30.7. The molecule has 0 aliphatic carbocycles. The van der Waals surface area contributed by atoms with Crippen LogP contribution in [0.2, 0.25) is 0 Å². The van der Waals surface area contributed by atoms with Gasteiger partial charge in [0.1, 0.15) is 0 Å². The van der Waals surface area contributed by atoms with Gasteiger partial charge in [0.05, 0.1) is 5.60 Å². The van der Waals surface area contributed by atoms with E-state index in [2.05, 4.69) is 11.8 Å². The van der Waals surface area contributed by atoms with Crippen LogP contribution in [0.1, 0.15) is 26.2 Å². The smallest absolute Gasteiger partial charge is 0.0777 e. The zero-order valence-electron chi connectivity index (χ0n) is 8.88. The number of hydrogen-bond acceptors (Lipinski definition) is 3. The van der Waals surface area contributed by atoms with Crippen molar-refractivity contribution in [2.24, 2.45) is 5.73 Å². The molecule has 0 bridgehead atoms. The molecular formula is C10H22N2O. The summed E-state index contributed by atoms with van der Waals surface area (Å²) in [6, 6.07) is 0. The fourth-order valence-electron chi connectivity index (χ4n) is 1.98. The lowest BCUT2D eigenvalue weighted by atomic mass is 9.95. The highest BCUT2D eigenvalue weighted by atomic mass is 16.5. The maximum absolute atomic E-state index is 5.52. The summed E-state index contributed by atoms with van der Waals surface area (Å²) < 4.78 is 5.52. The molecule has 1 aliphatic heterocycles. The molecule has 0 aromatic heterocycles. The van der Waals surface area contributed by atoms with Crippen LogP contribution in [0.4, 0.5) is 0 Å². The lowest BCUT2D eigenvalue weighted by Gasteiger charge is -2.39. The van der Waals surface area contributed by atoms with E-state index in [9.17, 15) is 0 Å². The second-order valence-corrected chi connectivity index (χ2v) is 4.18. The number of nitrogens with two attached hydrogens (primary N) is 1. The predicted octanol–water partition coefficient (Wildman–Crippen LogP) is 0.836. The monoisotopic (exact) mass is 186 g/mol. The van der Waals surface area contributed by atoms with Gasteiger partial charge in [0.25, 0.3) is 0 Å². The highest BCUT2D eigenvalue weighted by molar-refractivity contribution is 4.84. The molecule has 0 amide bonds. The van der Waals surface area contributed by atoms with Gasteiger partial charge >= 0.3 is 0 Å². The van der Waals surface area contributed by atoms with Crippen LogP contribution in [0.3, 0.4) is 0 Å². The standard InChI is InChI=1S/C10H22N2O/c1-10(13-2)5-3-7-12(9-10)8-4-6-11/h3-9,11H2,1-2H3. The quantitative estimate of drug-likeness (QED) is 0.707. The molecule has 78 valence electrons. The van der Waals surface area contributed by atoms with Gasteiger partial charge in [-0.05, 0) is 45.8 Å². The SMILES string of the molecule is COC1(C)CCCN(CCCN)C1.